The van der Waals surface area contributed by atoms with Crippen molar-refractivity contribution in [2.75, 3.05) is 11.9 Å². The van der Waals surface area contributed by atoms with Gasteiger partial charge in [-0.3, -0.25) is 4.79 Å². The van der Waals surface area contributed by atoms with Crippen molar-refractivity contribution in [1.29, 1.82) is 0 Å². The van der Waals surface area contributed by atoms with Crippen LogP contribution in [0.25, 0.3) is 0 Å². The van der Waals surface area contributed by atoms with Gasteiger partial charge in [-0.05, 0) is 26.2 Å². The van der Waals surface area contributed by atoms with Crippen LogP contribution in [0.15, 0.2) is 0 Å². The number of carboxylic acid groups (broad SMARTS) is 1. The summed E-state index contributed by atoms with van der Waals surface area (Å²) in [6, 6.07) is 0. The Morgan fingerprint density at radius 1 is 1.44 bits per heavy atom. The SMILES string of the molecule is Cc1nc2c(c(NCCC(=O)O)n1)CCC2. The molecule has 0 bridgehead atoms. The lowest BCUT2D eigenvalue weighted by Gasteiger charge is -2.09. The fraction of sp³-hybridized carbons (Fsp3) is 0.545. The fourth-order valence-electron chi connectivity index (χ4n) is 1.99. The van der Waals surface area contributed by atoms with Crippen LogP contribution in [-0.4, -0.2) is 27.6 Å². The Morgan fingerprint density at radius 2 is 2.25 bits per heavy atom. The van der Waals surface area contributed by atoms with Crippen molar-refractivity contribution in [1.82, 2.24) is 9.97 Å². The summed E-state index contributed by atoms with van der Waals surface area (Å²) < 4.78 is 0. The van der Waals surface area contributed by atoms with Crippen molar-refractivity contribution < 1.29 is 9.90 Å². The van der Waals surface area contributed by atoms with Gasteiger partial charge in [0.2, 0.25) is 0 Å². The summed E-state index contributed by atoms with van der Waals surface area (Å²) in [6.45, 7) is 2.28. The van der Waals surface area contributed by atoms with Crippen molar-refractivity contribution in [2.24, 2.45) is 0 Å². The number of aromatic nitrogens is 2. The summed E-state index contributed by atoms with van der Waals surface area (Å²) in [5.74, 6) is 0.773. The molecule has 1 heterocycles. The van der Waals surface area contributed by atoms with Crippen LogP contribution in [0.5, 0.6) is 0 Å². The van der Waals surface area contributed by atoms with E-state index in [1.165, 1.54) is 0 Å². The lowest BCUT2D eigenvalue weighted by molar-refractivity contribution is -0.136. The summed E-state index contributed by atoms with van der Waals surface area (Å²) in [5, 5.41) is 11.7. The third-order valence-corrected chi connectivity index (χ3v) is 2.68. The smallest absolute Gasteiger partial charge is 0.305 e. The Labute approximate surface area is 93.9 Å². The van der Waals surface area contributed by atoms with E-state index in [1.54, 1.807) is 0 Å². The topological polar surface area (TPSA) is 75.1 Å². The number of hydrogen-bond acceptors (Lipinski definition) is 4. The molecule has 1 aromatic heterocycles. The lowest BCUT2D eigenvalue weighted by atomic mass is 10.2. The van der Waals surface area contributed by atoms with E-state index < -0.39 is 5.97 Å². The fourth-order valence-corrected chi connectivity index (χ4v) is 1.99. The molecule has 0 saturated heterocycles. The van der Waals surface area contributed by atoms with Crippen LogP contribution in [0.3, 0.4) is 0 Å². The molecule has 0 amide bonds. The number of rotatable bonds is 4. The zero-order valence-corrected chi connectivity index (χ0v) is 9.29. The van der Waals surface area contributed by atoms with Gasteiger partial charge in [0.25, 0.3) is 0 Å². The third kappa shape index (κ3) is 2.29. The Hall–Kier alpha value is -1.65. The van der Waals surface area contributed by atoms with E-state index in [0.717, 1.165) is 42.2 Å². The summed E-state index contributed by atoms with van der Waals surface area (Å²) >= 11 is 0. The van der Waals surface area contributed by atoms with Crippen LogP contribution in [0, 0.1) is 6.92 Å². The Morgan fingerprint density at radius 3 is 3.00 bits per heavy atom. The third-order valence-electron chi connectivity index (χ3n) is 2.68. The van der Waals surface area contributed by atoms with Crippen molar-refractivity contribution in [3.8, 4) is 0 Å². The van der Waals surface area contributed by atoms with Crippen LogP contribution in [0.1, 0.15) is 29.9 Å². The molecule has 2 N–H and O–H groups in total. The second kappa shape index (κ2) is 4.47. The van der Waals surface area contributed by atoms with Gasteiger partial charge in [0.1, 0.15) is 11.6 Å². The van der Waals surface area contributed by atoms with Gasteiger partial charge in [-0.25, -0.2) is 9.97 Å². The minimum absolute atomic E-state index is 0.109. The van der Waals surface area contributed by atoms with Gasteiger partial charge >= 0.3 is 5.97 Å². The molecule has 1 aromatic rings. The second-order valence-electron chi connectivity index (χ2n) is 3.97. The highest BCUT2D eigenvalue weighted by Crippen LogP contribution is 2.25. The van der Waals surface area contributed by atoms with Crippen LogP contribution < -0.4 is 5.32 Å². The number of nitrogens with one attached hydrogen (secondary N) is 1. The zero-order chi connectivity index (χ0) is 11.5. The number of nitrogens with zero attached hydrogens (tertiary/aromatic N) is 2. The average molecular weight is 221 g/mol. The quantitative estimate of drug-likeness (QED) is 0.798. The minimum atomic E-state index is -0.796. The highest BCUT2D eigenvalue weighted by molar-refractivity contribution is 5.67. The van der Waals surface area contributed by atoms with Gasteiger partial charge in [-0.15, -0.1) is 0 Å². The molecule has 1 aliphatic carbocycles. The van der Waals surface area contributed by atoms with Crippen molar-refractivity contribution >= 4 is 11.8 Å². The predicted molar refractivity (Wildman–Crippen MR) is 59.5 cm³/mol. The van der Waals surface area contributed by atoms with Crippen molar-refractivity contribution in [3.05, 3.63) is 17.1 Å². The van der Waals surface area contributed by atoms with E-state index in [0.29, 0.717) is 6.54 Å². The van der Waals surface area contributed by atoms with E-state index in [4.69, 9.17) is 5.11 Å². The van der Waals surface area contributed by atoms with Crippen molar-refractivity contribution in [2.45, 2.75) is 32.6 Å². The van der Waals surface area contributed by atoms with Gasteiger partial charge in [0, 0.05) is 17.8 Å². The summed E-state index contributed by atoms with van der Waals surface area (Å²) in [4.78, 5) is 19.1. The molecule has 0 aromatic carbocycles. The first-order valence-electron chi connectivity index (χ1n) is 5.49. The van der Waals surface area contributed by atoms with Gasteiger partial charge in [0.05, 0.1) is 6.42 Å². The van der Waals surface area contributed by atoms with Crippen LogP contribution in [-0.2, 0) is 17.6 Å². The van der Waals surface area contributed by atoms with E-state index in [2.05, 4.69) is 15.3 Å². The Balaban J connectivity index is 2.11. The lowest BCUT2D eigenvalue weighted by Crippen LogP contribution is -2.11. The van der Waals surface area contributed by atoms with Gasteiger partial charge < -0.3 is 10.4 Å². The maximum atomic E-state index is 10.4. The molecule has 0 fully saturated rings. The highest BCUT2D eigenvalue weighted by atomic mass is 16.4. The van der Waals surface area contributed by atoms with Crippen LogP contribution in [0.2, 0.25) is 0 Å². The molecule has 86 valence electrons. The Kier molecular flexibility index (Phi) is 3.03. The summed E-state index contributed by atoms with van der Waals surface area (Å²) in [7, 11) is 0. The number of fused-ring (bicyclic) bond motifs is 1. The predicted octanol–water partition coefficient (Wildman–Crippen LogP) is 1.16. The van der Waals surface area contributed by atoms with Gasteiger partial charge in [-0.2, -0.15) is 0 Å². The molecule has 5 heteroatoms. The maximum absolute atomic E-state index is 10.4. The molecule has 1 aliphatic rings. The first kappa shape index (κ1) is 10.9. The average Bonchev–Trinajstić information content (AvgIpc) is 2.64. The molecular weight excluding hydrogens is 206 g/mol. The van der Waals surface area contributed by atoms with Crippen molar-refractivity contribution in [3.63, 3.8) is 0 Å². The number of aliphatic carboxylic acids is 1. The molecule has 5 nitrogen and oxygen atoms in total. The molecule has 0 aliphatic heterocycles. The molecule has 0 saturated carbocycles. The molecule has 0 atom stereocenters. The summed E-state index contributed by atoms with van der Waals surface area (Å²) in [5.41, 5.74) is 2.28. The minimum Gasteiger partial charge on any atom is -0.481 e. The molecular formula is C11H15N3O2. The largest absolute Gasteiger partial charge is 0.481 e. The highest BCUT2D eigenvalue weighted by Gasteiger charge is 2.18. The standard InChI is InChI=1S/C11H15N3O2/c1-7-13-9-4-2-3-8(9)11(14-7)12-6-5-10(15)16/h2-6H2,1H3,(H,15,16)(H,12,13,14). The molecule has 0 unspecified atom stereocenters. The van der Waals surface area contributed by atoms with Crippen LogP contribution in [0.4, 0.5) is 5.82 Å². The number of aryl methyl sites for hydroxylation is 2. The van der Waals surface area contributed by atoms with E-state index in [1.807, 2.05) is 6.92 Å². The number of anilines is 1. The van der Waals surface area contributed by atoms with Gasteiger partial charge in [-0.1, -0.05) is 0 Å². The Bertz CT molecular complexity index is 418. The first-order chi connectivity index (χ1) is 7.66. The number of carbonyl (C=O) groups is 1. The first-order valence-corrected chi connectivity index (χ1v) is 5.49. The van der Waals surface area contributed by atoms with E-state index >= 15 is 0 Å². The van der Waals surface area contributed by atoms with E-state index in [9.17, 15) is 4.79 Å². The normalized spacial score (nSPS) is 13.6. The monoisotopic (exact) mass is 221 g/mol. The summed E-state index contributed by atoms with van der Waals surface area (Å²) in [6.07, 6.45) is 3.22. The second-order valence-corrected chi connectivity index (χ2v) is 3.97. The molecule has 16 heavy (non-hydrogen) atoms. The van der Waals surface area contributed by atoms with Crippen LogP contribution >= 0.6 is 0 Å². The maximum Gasteiger partial charge on any atom is 0.305 e. The molecule has 0 spiro atoms. The molecule has 0 radical (unpaired) electrons. The number of carboxylic acids is 1. The van der Waals surface area contributed by atoms with Gasteiger partial charge in [0.15, 0.2) is 0 Å². The van der Waals surface area contributed by atoms with E-state index in [-0.39, 0.29) is 6.42 Å². The molecule has 2 rings (SSSR count). The zero-order valence-electron chi connectivity index (χ0n) is 9.29. The number of hydrogen-bond donors (Lipinski definition) is 2.